The van der Waals surface area contributed by atoms with Gasteiger partial charge in [0.25, 0.3) is 5.91 Å². The first-order valence-corrected chi connectivity index (χ1v) is 6.47. The molecule has 0 spiro atoms. The summed E-state index contributed by atoms with van der Waals surface area (Å²) in [5.74, 6) is 0.337. The smallest absolute Gasteiger partial charge is 0.271 e. The summed E-state index contributed by atoms with van der Waals surface area (Å²) in [4.78, 5) is 23.0. The quantitative estimate of drug-likeness (QED) is 0.873. The van der Waals surface area contributed by atoms with Crippen LogP contribution in [0.4, 0.5) is 5.69 Å². The first kappa shape index (κ1) is 14.0. The van der Waals surface area contributed by atoms with Crippen LogP contribution >= 0.6 is 0 Å². The number of anilines is 1. The fourth-order valence-electron chi connectivity index (χ4n) is 1.97. The molecule has 1 aromatic carbocycles. The van der Waals surface area contributed by atoms with E-state index in [-0.39, 0.29) is 18.2 Å². The summed E-state index contributed by atoms with van der Waals surface area (Å²) in [6.45, 7) is 2.02. The van der Waals surface area contributed by atoms with Gasteiger partial charge in [-0.05, 0) is 30.2 Å². The Balaban J connectivity index is 2.10. The number of hydrazone groups is 1. The molecule has 0 bridgehead atoms. The number of aryl methyl sites for hydroxylation is 1. The van der Waals surface area contributed by atoms with Crippen molar-refractivity contribution in [3.05, 3.63) is 23.8 Å². The maximum atomic E-state index is 12.0. The molecule has 6 nitrogen and oxygen atoms in total. The first-order valence-electron chi connectivity index (χ1n) is 6.47. The number of nitrogens with zero attached hydrogens (tertiary/aromatic N) is 1. The van der Waals surface area contributed by atoms with Gasteiger partial charge in [-0.25, -0.2) is 5.43 Å². The summed E-state index contributed by atoms with van der Waals surface area (Å²) in [6, 6.07) is 5.47. The fourth-order valence-corrected chi connectivity index (χ4v) is 1.97. The van der Waals surface area contributed by atoms with Crippen LogP contribution in [0.3, 0.4) is 0 Å². The molecule has 0 aromatic heterocycles. The second-order valence-electron chi connectivity index (χ2n) is 4.43. The van der Waals surface area contributed by atoms with Crippen molar-refractivity contribution in [3.63, 3.8) is 0 Å². The lowest BCUT2D eigenvalue weighted by Crippen LogP contribution is -2.32. The molecule has 0 radical (unpaired) electrons. The fraction of sp³-hybridized carbons (Fsp3) is 0.357. The van der Waals surface area contributed by atoms with Gasteiger partial charge < -0.3 is 10.1 Å². The highest BCUT2D eigenvalue weighted by Crippen LogP contribution is 2.23. The summed E-state index contributed by atoms with van der Waals surface area (Å²) >= 11 is 0. The zero-order valence-electron chi connectivity index (χ0n) is 11.5. The molecule has 6 heteroatoms. The van der Waals surface area contributed by atoms with E-state index in [9.17, 15) is 9.59 Å². The van der Waals surface area contributed by atoms with E-state index >= 15 is 0 Å². The molecule has 2 rings (SSSR count). The number of nitrogens with one attached hydrogen (secondary N) is 2. The number of methoxy groups -OCH3 is 1. The number of rotatable bonds is 4. The average Bonchev–Trinajstić information content (AvgIpc) is 2.47. The van der Waals surface area contributed by atoms with Crippen LogP contribution in [-0.2, 0) is 16.0 Å². The molecule has 1 aliphatic rings. The van der Waals surface area contributed by atoms with Crippen molar-refractivity contribution in [2.75, 3.05) is 12.4 Å². The number of carbonyl (C=O) groups excluding carboxylic acids is 2. The molecule has 1 heterocycles. The Morgan fingerprint density at radius 1 is 1.45 bits per heavy atom. The summed E-state index contributed by atoms with van der Waals surface area (Å²) in [5.41, 5.74) is 4.34. The highest BCUT2D eigenvalue weighted by molar-refractivity contribution is 6.43. The lowest BCUT2D eigenvalue weighted by atomic mass is 10.1. The molecule has 0 saturated carbocycles. The zero-order chi connectivity index (χ0) is 14.5. The van der Waals surface area contributed by atoms with Crippen molar-refractivity contribution in [2.24, 2.45) is 5.10 Å². The second-order valence-corrected chi connectivity index (χ2v) is 4.43. The normalized spacial score (nSPS) is 14.3. The molecule has 2 N–H and O–H groups in total. The van der Waals surface area contributed by atoms with E-state index in [2.05, 4.69) is 15.8 Å². The van der Waals surface area contributed by atoms with Crippen molar-refractivity contribution in [1.29, 1.82) is 0 Å². The molecule has 0 aliphatic carbocycles. The number of hydrogen-bond acceptors (Lipinski definition) is 4. The number of amides is 2. The molecule has 1 aliphatic heterocycles. The molecule has 0 atom stereocenters. The Bertz CT molecular complexity index is 567. The van der Waals surface area contributed by atoms with Crippen LogP contribution < -0.4 is 15.5 Å². The first-order chi connectivity index (χ1) is 9.63. The van der Waals surface area contributed by atoms with Crippen LogP contribution in [0.1, 0.15) is 25.3 Å². The molecule has 0 fully saturated rings. The highest BCUT2D eigenvalue weighted by atomic mass is 16.5. The van der Waals surface area contributed by atoms with Crippen LogP contribution in [0.25, 0.3) is 0 Å². The van der Waals surface area contributed by atoms with Gasteiger partial charge in [0.2, 0.25) is 5.91 Å². The van der Waals surface area contributed by atoms with Gasteiger partial charge in [-0.1, -0.05) is 6.92 Å². The van der Waals surface area contributed by atoms with Gasteiger partial charge in [-0.2, -0.15) is 5.10 Å². The molecule has 106 valence electrons. The summed E-state index contributed by atoms with van der Waals surface area (Å²) in [6.07, 6.45) is 1.45. The lowest BCUT2D eigenvalue weighted by Gasteiger charge is -2.13. The lowest BCUT2D eigenvalue weighted by molar-refractivity contribution is -0.121. The van der Waals surface area contributed by atoms with E-state index in [1.54, 1.807) is 13.2 Å². The summed E-state index contributed by atoms with van der Waals surface area (Å²) in [7, 11) is 1.62. The van der Waals surface area contributed by atoms with E-state index in [4.69, 9.17) is 4.74 Å². The number of ether oxygens (including phenoxy) is 1. The molecule has 2 amide bonds. The van der Waals surface area contributed by atoms with Crippen LogP contribution in [-0.4, -0.2) is 24.6 Å². The molecule has 0 unspecified atom stereocenters. The van der Waals surface area contributed by atoms with Gasteiger partial charge in [0, 0.05) is 18.5 Å². The van der Waals surface area contributed by atoms with Crippen LogP contribution in [0.2, 0.25) is 0 Å². The Morgan fingerprint density at radius 3 is 2.85 bits per heavy atom. The van der Waals surface area contributed by atoms with Crippen LogP contribution in [0.15, 0.2) is 23.3 Å². The molecule has 20 heavy (non-hydrogen) atoms. The number of benzene rings is 1. The topological polar surface area (TPSA) is 79.8 Å². The van der Waals surface area contributed by atoms with Crippen molar-refractivity contribution in [2.45, 2.75) is 26.2 Å². The van der Waals surface area contributed by atoms with Gasteiger partial charge in [0.1, 0.15) is 11.5 Å². The zero-order valence-corrected chi connectivity index (χ0v) is 11.5. The van der Waals surface area contributed by atoms with Gasteiger partial charge in [0.15, 0.2) is 0 Å². The minimum atomic E-state index is -0.294. The molecular weight excluding hydrogens is 258 g/mol. The second kappa shape index (κ2) is 6.18. The van der Waals surface area contributed by atoms with Crippen molar-refractivity contribution in [3.8, 4) is 5.75 Å². The number of hydrogen-bond donors (Lipinski definition) is 2. The third-order valence-corrected chi connectivity index (χ3v) is 3.09. The van der Waals surface area contributed by atoms with Gasteiger partial charge in [-0.15, -0.1) is 0 Å². The highest BCUT2D eigenvalue weighted by Gasteiger charge is 2.18. The van der Waals surface area contributed by atoms with E-state index in [0.717, 1.165) is 17.7 Å². The maximum Gasteiger partial charge on any atom is 0.271 e. The predicted octanol–water partition coefficient (Wildman–Crippen LogP) is 1.46. The third-order valence-electron chi connectivity index (χ3n) is 3.09. The summed E-state index contributed by atoms with van der Waals surface area (Å²) in [5, 5.41) is 6.54. The molecule has 1 aromatic rings. The van der Waals surface area contributed by atoms with Crippen molar-refractivity contribution in [1.82, 2.24) is 5.43 Å². The maximum absolute atomic E-state index is 12.0. The van der Waals surface area contributed by atoms with E-state index in [0.29, 0.717) is 17.8 Å². The average molecular weight is 275 g/mol. The van der Waals surface area contributed by atoms with Crippen LogP contribution in [0.5, 0.6) is 5.75 Å². The van der Waals surface area contributed by atoms with Gasteiger partial charge in [0.05, 0.1) is 7.11 Å². The molecular formula is C14H17N3O3. The monoisotopic (exact) mass is 275 g/mol. The van der Waals surface area contributed by atoms with E-state index < -0.39 is 0 Å². The minimum absolute atomic E-state index is 0.167. The Kier molecular flexibility index (Phi) is 4.34. The van der Waals surface area contributed by atoms with E-state index in [1.807, 2.05) is 19.1 Å². The Labute approximate surface area is 117 Å². The van der Waals surface area contributed by atoms with E-state index in [1.165, 1.54) is 0 Å². The Hall–Kier alpha value is -2.37. The third kappa shape index (κ3) is 3.14. The molecule has 0 saturated heterocycles. The SMILES string of the molecule is CCc1cc(NC(=O)C2=NNC(=O)CC2)ccc1OC. The standard InChI is InChI=1S/C14H17N3O3/c1-3-9-8-10(4-6-12(9)20-2)15-14(19)11-5-7-13(18)17-16-11/h4,6,8H,3,5,7H2,1-2H3,(H,15,19)(H,17,18). The van der Waals surface area contributed by atoms with Crippen molar-refractivity contribution >= 4 is 23.2 Å². The van der Waals surface area contributed by atoms with Crippen LogP contribution in [0, 0.1) is 0 Å². The minimum Gasteiger partial charge on any atom is -0.496 e. The van der Waals surface area contributed by atoms with Gasteiger partial charge in [-0.3, -0.25) is 9.59 Å². The largest absolute Gasteiger partial charge is 0.496 e. The predicted molar refractivity (Wildman–Crippen MR) is 75.8 cm³/mol. The number of carbonyl (C=O) groups is 2. The summed E-state index contributed by atoms with van der Waals surface area (Å²) < 4.78 is 5.24. The van der Waals surface area contributed by atoms with Gasteiger partial charge >= 0.3 is 0 Å². The Morgan fingerprint density at radius 2 is 2.25 bits per heavy atom. The van der Waals surface area contributed by atoms with Crippen molar-refractivity contribution < 1.29 is 14.3 Å².